The molecule has 0 bridgehead atoms. The van der Waals surface area contributed by atoms with Crippen LogP contribution in [0.15, 0.2) is 36.8 Å². The lowest BCUT2D eigenvalue weighted by Gasteiger charge is -2.41. The minimum absolute atomic E-state index is 0.0113. The van der Waals surface area contributed by atoms with E-state index in [0.717, 1.165) is 34.8 Å². The monoisotopic (exact) mass is 510 g/mol. The first-order valence-corrected chi connectivity index (χ1v) is 13.1. The largest absolute Gasteiger partial charge is 0.444 e. The molecule has 2 atom stereocenters. The van der Waals surface area contributed by atoms with Gasteiger partial charge in [-0.05, 0) is 65.7 Å². The van der Waals surface area contributed by atoms with E-state index in [1.54, 1.807) is 6.33 Å². The highest BCUT2D eigenvalue weighted by molar-refractivity contribution is 6.30. The summed E-state index contributed by atoms with van der Waals surface area (Å²) in [5.74, 6) is 0.908. The molecule has 0 aliphatic carbocycles. The minimum atomic E-state index is -0.517. The lowest BCUT2D eigenvalue weighted by Crippen LogP contribution is -2.55. The Morgan fingerprint density at radius 1 is 1.11 bits per heavy atom. The summed E-state index contributed by atoms with van der Waals surface area (Å²) < 4.78 is 7.76. The third kappa shape index (κ3) is 4.71. The number of ether oxygens (including phenoxy) is 1. The van der Waals surface area contributed by atoms with Crippen molar-refractivity contribution in [3.63, 3.8) is 0 Å². The Labute approximate surface area is 217 Å². The van der Waals surface area contributed by atoms with Crippen molar-refractivity contribution in [1.29, 1.82) is 0 Å². The highest BCUT2D eigenvalue weighted by Gasteiger charge is 2.34. The first-order chi connectivity index (χ1) is 17.1. The van der Waals surface area contributed by atoms with Gasteiger partial charge in [-0.3, -0.25) is 4.57 Å². The summed E-state index contributed by atoms with van der Waals surface area (Å²) >= 11 is 6.34. The van der Waals surface area contributed by atoms with E-state index in [9.17, 15) is 4.79 Å². The van der Waals surface area contributed by atoms with Crippen LogP contribution < -0.4 is 9.80 Å². The van der Waals surface area contributed by atoms with E-state index >= 15 is 0 Å². The maximum Gasteiger partial charge on any atom is 0.410 e. The zero-order valence-electron chi connectivity index (χ0n) is 21.7. The number of rotatable bonds is 3. The number of amides is 1. The molecule has 4 heterocycles. The lowest BCUT2D eigenvalue weighted by molar-refractivity contribution is 0.0159. The number of benzene rings is 1. The molecule has 0 unspecified atom stereocenters. The van der Waals surface area contributed by atoms with Crippen molar-refractivity contribution < 1.29 is 9.53 Å². The first kappa shape index (κ1) is 24.7. The van der Waals surface area contributed by atoms with Crippen LogP contribution in [0.5, 0.6) is 0 Å². The lowest BCUT2D eigenvalue weighted by atomic mass is 10.1. The van der Waals surface area contributed by atoms with Gasteiger partial charge in [-0.2, -0.15) is 0 Å². The average Bonchev–Trinajstić information content (AvgIpc) is 3.41. The minimum Gasteiger partial charge on any atom is -0.444 e. The third-order valence-corrected chi connectivity index (χ3v) is 7.28. The summed E-state index contributed by atoms with van der Waals surface area (Å²) in [6, 6.07) is 8.28. The van der Waals surface area contributed by atoms with Gasteiger partial charge in [0.15, 0.2) is 5.65 Å². The van der Waals surface area contributed by atoms with Gasteiger partial charge in [0.2, 0.25) is 0 Å². The molecule has 2 saturated heterocycles. The number of hydrogen-bond donors (Lipinski definition) is 0. The second-order valence-corrected chi connectivity index (χ2v) is 11.3. The van der Waals surface area contributed by atoms with Crippen LogP contribution in [-0.2, 0) is 4.74 Å². The van der Waals surface area contributed by atoms with E-state index < -0.39 is 5.60 Å². The van der Waals surface area contributed by atoms with Gasteiger partial charge in [0.25, 0.3) is 0 Å². The van der Waals surface area contributed by atoms with E-state index in [4.69, 9.17) is 26.3 Å². The molecule has 3 aromatic rings. The van der Waals surface area contributed by atoms with Crippen LogP contribution in [0.25, 0.3) is 16.7 Å². The fourth-order valence-corrected chi connectivity index (χ4v) is 5.52. The van der Waals surface area contributed by atoms with Gasteiger partial charge >= 0.3 is 6.09 Å². The van der Waals surface area contributed by atoms with E-state index in [0.29, 0.717) is 30.7 Å². The molecule has 1 aromatic carbocycles. The predicted molar refractivity (Wildman–Crippen MR) is 145 cm³/mol. The zero-order valence-corrected chi connectivity index (χ0v) is 22.5. The number of nitrogens with zero attached hydrogens (tertiary/aromatic N) is 6. The highest BCUT2D eigenvalue weighted by atomic mass is 35.5. The smallest absolute Gasteiger partial charge is 0.410 e. The Morgan fingerprint density at radius 2 is 1.92 bits per heavy atom. The predicted octanol–water partition coefficient (Wildman–Crippen LogP) is 5.51. The number of halogens is 1. The number of hydrogen-bond acceptors (Lipinski definition) is 6. The SMILES string of the molecule is C[C@@H]1CN(c2ncnc3c2c(N2CCC[C@@H]2C)cn3-c2cccc(Cl)c2)CCN1C(=O)OC(C)(C)C. The standard InChI is InChI=1S/C27H35ClN6O2/c1-18-8-7-11-32(18)22-16-34(21-10-6-9-20(28)14-21)25-23(22)24(29-17-30-25)31-12-13-33(19(2)15-31)26(35)36-27(3,4)5/h6,9-10,14,16-19H,7-8,11-13,15H2,1-5H3/t18-,19+/m0/s1. The number of carbonyl (C=O) groups excluding carboxylic acids is 1. The number of anilines is 2. The van der Waals surface area contributed by atoms with Crippen molar-refractivity contribution in [2.24, 2.45) is 0 Å². The van der Waals surface area contributed by atoms with Gasteiger partial charge in [-0.1, -0.05) is 17.7 Å². The summed E-state index contributed by atoms with van der Waals surface area (Å²) in [5, 5.41) is 1.73. The Kier molecular flexibility index (Phi) is 6.49. The average molecular weight is 511 g/mol. The maximum absolute atomic E-state index is 12.8. The molecule has 192 valence electrons. The molecule has 0 N–H and O–H groups in total. The molecule has 2 aromatic heterocycles. The van der Waals surface area contributed by atoms with Crippen molar-refractivity contribution in [1.82, 2.24) is 19.4 Å². The molecule has 1 amide bonds. The molecule has 36 heavy (non-hydrogen) atoms. The quantitative estimate of drug-likeness (QED) is 0.463. The Hall–Kier alpha value is -3.00. The molecule has 2 aliphatic heterocycles. The van der Waals surface area contributed by atoms with Crippen molar-refractivity contribution in [2.75, 3.05) is 36.0 Å². The van der Waals surface area contributed by atoms with Gasteiger partial charge in [0.1, 0.15) is 17.7 Å². The van der Waals surface area contributed by atoms with Crippen molar-refractivity contribution in [3.8, 4) is 5.69 Å². The Balaban J connectivity index is 1.54. The molecule has 5 rings (SSSR count). The summed E-state index contributed by atoms with van der Waals surface area (Å²) in [6.07, 6.45) is 5.89. The summed E-state index contributed by atoms with van der Waals surface area (Å²) in [5.41, 5.74) is 2.46. The number of aromatic nitrogens is 3. The molecule has 9 heteroatoms. The summed E-state index contributed by atoms with van der Waals surface area (Å²) in [7, 11) is 0. The van der Waals surface area contributed by atoms with Crippen LogP contribution in [0, 0.1) is 0 Å². The van der Waals surface area contributed by atoms with E-state index in [-0.39, 0.29) is 12.1 Å². The number of carbonyl (C=O) groups is 1. The van der Waals surface area contributed by atoms with Crippen LogP contribution in [0.2, 0.25) is 5.02 Å². The Morgan fingerprint density at radius 3 is 2.58 bits per heavy atom. The fourth-order valence-electron chi connectivity index (χ4n) is 5.34. The second-order valence-electron chi connectivity index (χ2n) is 10.9. The molecule has 8 nitrogen and oxygen atoms in total. The topological polar surface area (TPSA) is 66.7 Å². The van der Waals surface area contributed by atoms with Gasteiger partial charge in [0, 0.05) is 55.2 Å². The molecule has 0 radical (unpaired) electrons. The van der Waals surface area contributed by atoms with Gasteiger partial charge in [-0.25, -0.2) is 14.8 Å². The summed E-state index contributed by atoms with van der Waals surface area (Å²) in [6.45, 7) is 13.0. The molecule has 2 aliphatic rings. The first-order valence-electron chi connectivity index (χ1n) is 12.8. The number of fused-ring (bicyclic) bond motifs is 1. The van der Waals surface area contributed by atoms with Crippen LogP contribution in [-0.4, -0.2) is 69.4 Å². The normalized spacial score (nSPS) is 20.9. The third-order valence-electron chi connectivity index (χ3n) is 7.05. The molecule has 2 fully saturated rings. The highest BCUT2D eigenvalue weighted by Crippen LogP contribution is 2.39. The zero-order chi connectivity index (χ0) is 25.6. The maximum atomic E-state index is 12.8. The van der Waals surface area contributed by atoms with Crippen LogP contribution in [0.3, 0.4) is 0 Å². The van der Waals surface area contributed by atoms with Crippen LogP contribution >= 0.6 is 11.6 Å². The van der Waals surface area contributed by atoms with Gasteiger partial charge in [0.05, 0.1) is 11.1 Å². The molecular weight excluding hydrogens is 476 g/mol. The summed E-state index contributed by atoms with van der Waals surface area (Å²) in [4.78, 5) is 28.9. The Bertz CT molecular complexity index is 1270. The molecular formula is C27H35ClN6O2. The van der Waals surface area contributed by atoms with Crippen molar-refractivity contribution in [2.45, 2.75) is 65.1 Å². The van der Waals surface area contributed by atoms with E-state index in [1.807, 2.05) is 49.9 Å². The molecule has 0 saturated carbocycles. The van der Waals surface area contributed by atoms with Crippen LogP contribution in [0.4, 0.5) is 16.3 Å². The molecule has 0 spiro atoms. The van der Waals surface area contributed by atoms with Gasteiger partial charge < -0.3 is 19.4 Å². The fraction of sp³-hybridized carbons (Fsp3) is 0.519. The number of piperazine rings is 1. The second kappa shape index (κ2) is 9.47. The van der Waals surface area contributed by atoms with E-state index in [2.05, 4.69) is 34.4 Å². The van der Waals surface area contributed by atoms with Gasteiger partial charge in [-0.15, -0.1) is 0 Å². The van der Waals surface area contributed by atoms with E-state index in [1.165, 1.54) is 12.8 Å². The van der Waals surface area contributed by atoms with Crippen molar-refractivity contribution >= 4 is 40.2 Å². The van der Waals surface area contributed by atoms with Crippen LogP contribution in [0.1, 0.15) is 47.5 Å². The van der Waals surface area contributed by atoms with Crippen molar-refractivity contribution in [3.05, 3.63) is 41.8 Å².